The molecule has 3 N–H and O–H groups in total. The second kappa shape index (κ2) is 8.44. The summed E-state index contributed by atoms with van der Waals surface area (Å²) in [4.78, 5) is 11.6. The lowest BCUT2D eigenvalue weighted by molar-refractivity contribution is -0.116. The summed E-state index contributed by atoms with van der Waals surface area (Å²) in [6.45, 7) is 1.57. The van der Waals surface area contributed by atoms with E-state index in [9.17, 15) is 9.18 Å². The number of hydrogen-bond acceptors (Lipinski definition) is 4. The predicted molar refractivity (Wildman–Crippen MR) is 71.4 cm³/mol. The van der Waals surface area contributed by atoms with E-state index in [1.165, 1.54) is 18.2 Å². The van der Waals surface area contributed by atoms with Gasteiger partial charge in [0.2, 0.25) is 5.91 Å². The maximum atomic E-state index is 12.9. The molecular weight excluding hydrogens is 251 g/mol. The van der Waals surface area contributed by atoms with Gasteiger partial charge in [-0.3, -0.25) is 4.79 Å². The van der Waals surface area contributed by atoms with E-state index in [2.05, 4.69) is 5.32 Å². The summed E-state index contributed by atoms with van der Waals surface area (Å²) in [6.07, 6.45) is 0.955. The predicted octanol–water partition coefficient (Wildman–Crippen LogP) is 1.79. The summed E-state index contributed by atoms with van der Waals surface area (Å²) >= 11 is 0. The van der Waals surface area contributed by atoms with E-state index in [-0.39, 0.29) is 11.6 Å². The van der Waals surface area contributed by atoms with Crippen molar-refractivity contribution in [2.75, 3.05) is 38.0 Å². The summed E-state index contributed by atoms with van der Waals surface area (Å²) in [6, 6.07) is 4.08. The third-order valence-electron chi connectivity index (χ3n) is 2.40. The van der Waals surface area contributed by atoms with E-state index in [0.29, 0.717) is 38.3 Å². The molecule has 0 aliphatic rings. The molecule has 1 aromatic rings. The van der Waals surface area contributed by atoms with Crippen molar-refractivity contribution in [1.29, 1.82) is 0 Å². The average Bonchev–Trinajstić information content (AvgIpc) is 2.38. The first-order valence-electron chi connectivity index (χ1n) is 6.05. The van der Waals surface area contributed by atoms with Gasteiger partial charge < -0.3 is 20.5 Å². The van der Waals surface area contributed by atoms with E-state index in [4.69, 9.17) is 15.2 Å². The topological polar surface area (TPSA) is 73.6 Å². The van der Waals surface area contributed by atoms with Crippen molar-refractivity contribution in [3.8, 4) is 0 Å². The maximum Gasteiger partial charge on any atom is 0.224 e. The van der Waals surface area contributed by atoms with Gasteiger partial charge in [0.15, 0.2) is 0 Å². The number of nitrogens with two attached hydrogens (primary N) is 1. The molecule has 6 heteroatoms. The number of nitrogens with one attached hydrogen (secondary N) is 1. The fourth-order valence-electron chi connectivity index (χ4n) is 1.42. The number of hydrogen-bond donors (Lipinski definition) is 2. The smallest absolute Gasteiger partial charge is 0.224 e. The van der Waals surface area contributed by atoms with Gasteiger partial charge in [-0.1, -0.05) is 0 Å². The Labute approximate surface area is 111 Å². The Morgan fingerprint density at radius 1 is 1.37 bits per heavy atom. The van der Waals surface area contributed by atoms with Crippen molar-refractivity contribution in [2.45, 2.75) is 12.8 Å². The van der Waals surface area contributed by atoms with Gasteiger partial charge in [0.05, 0.1) is 18.9 Å². The standard InChI is InChI=1S/C13H19FN2O3/c1-18-7-8-19-6-2-3-13(17)16-10-4-5-11(14)12(15)9-10/h4-5,9H,2-3,6-8,15H2,1H3,(H,16,17). The highest BCUT2D eigenvalue weighted by molar-refractivity contribution is 5.91. The molecule has 0 fully saturated rings. The first-order valence-corrected chi connectivity index (χ1v) is 6.05. The molecule has 1 amide bonds. The molecule has 0 bridgehead atoms. The van der Waals surface area contributed by atoms with Crippen molar-refractivity contribution in [3.05, 3.63) is 24.0 Å². The number of benzene rings is 1. The van der Waals surface area contributed by atoms with Crippen LogP contribution in [0, 0.1) is 5.82 Å². The monoisotopic (exact) mass is 270 g/mol. The van der Waals surface area contributed by atoms with Crippen molar-refractivity contribution >= 4 is 17.3 Å². The Kier molecular flexibility index (Phi) is 6.84. The van der Waals surface area contributed by atoms with Crippen molar-refractivity contribution in [3.63, 3.8) is 0 Å². The summed E-state index contributed by atoms with van der Waals surface area (Å²) in [5.74, 6) is -0.647. The van der Waals surface area contributed by atoms with Crippen LogP contribution in [0.1, 0.15) is 12.8 Å². The van der Waals surface area contributed by atoms with Crippen LogP contribution in [0.25, 0.3) is 0 Å². The molecule has 0 spiro atoms. The summed E-state index contributed by atoms with van der Waals surface area (Å²) in [7, 11) is 1.60. The summed E-state index contributed by atoms with van der Waals surface area (Å²) in [5.41, 5.74) is 5.91. The Balaban J connectivity index is 2.21. The van der Waals surface area contributed by atoms with Crippen LogP contribution in [0.15, 0.2) is 18.2 Å². The zero-order valence-electron chi connectivity index (χ0n) is 10.9. The van der Waals surface area contributed by atoms with Gasteiger partial charge in [0.1, 0.15) is 5.82 Å². The number of nitrogen functional groups attached to an aromatic ring is 1. The number of rotatable bonds is 8. The number of ether oxygens (including phenoxy) is 2. The molecule has 106 valence electrons. The number of anilines is 2. The Hall–Kier alpha value is -1.66. The van der Waals surface area contributed by atoms with Crippen molar-refractivity contribution < 1.29 is 18.7 Å². The van der Waals surface area contributed by atoms with Crippen LogP contribution in [-0.4, -0.2) is 32.8 Å². The number of amides is 1. The minimum atomic E-state index is -0.496. The minimum Gasteiger partial charge on any atom is -0.396 e. The molecule has 0 heterocycles. The van der Waals surface area contributed by atoms with Gasteiger partial charge in [0, 0.05) is 25.8 Å². The van der Waals surface area contributed by atoms with Crippen LogP contribution < -0.4 is 11.1 Å². The van der Waals surface area contributed by atoms with E-state index < -0.39 is 5.82 Å². The molecule has 0 saturated carbocycles. The van der Waals surface area contributed by atoms with E-state index in [0.717, 1.165) is 0 Å². The number of methoxy groups -OCH3 is 1. The van der Waals surface area contributed by atoms with Crippen molar-refractivity contribution in [1.82, 2.24) is 0 Å². The molecule has 0 atom stereocenters. The lowest BCUT2D eigenvalue weighted by Gasteiger charge is -2.07. The normalized spacial score (nSPS) is 10.4. The molecule has 1 aromatic carbocycles. The lowest BCUT2D eigenvalue weighted by atomic mass is 10.2. The molecule has 0 aliphatic carbocycles. The molecule has 0 unspecified atom stereocenters. The highest BCUT2D eigenvalue weighted by atomic mass is 19.1. The maximum absolute atomic E-state index is 12.9. The Morgan fingerprint density at radius 2 is 2.16 bits per heavy atom. The third-order valence-corrected chi connectivity index (χ3v) is 2.40. The van der Waals surface area contributed by atoms with E-state index >= 15 is 0 Å². The largest absolute Gasteiger partial charge is 0.396 e. The Bertz CT molecular complexity index is 413. The van der Waals surface area contributed by atoms with Crippen LogP contribution in [-0.2, 0) is 14.3 Å². The van der Waals surface area contributed by atoms with E-state index in [1.54, 1.807) is 7.11 Å². The highest BCUT2D eigenvalue weighted by Crippen LogP contribution is 2.16. The van der Waals surface area contributed by atoms with Gasteiger partial charge >= 0.3 is 0 Å². The number of carbonyl (C=O) groups is 1. The first kappa shape index (κ1) is 15.4. The second-order valence-electron chi connectivity index (χ2n) is 3.99. The molecular formula is C13H19FN2O3. The third kappa shape index (κ3) is 6.17. The van der Waals surface area contributed by atoms with Gasteiger partial charge in [-0.2, -0.15) is 0 Å². The number of halogens is 1. The summed E-state index contributed by atoms with van der Waals surface area (Å²) < 4.78 is 23.0. The Morgan fingerprint density at radius 3 is 2.84 bits per heavy atom. The quantitative estimate of drug-likeness (QED) is 0.558. The molecule has 0 aliphatic heterocycles. The fraction of sp³-hybridized carbons (Fsp3) is 0.462. The zero-order valence-corrected chi connectivity index (χ0v) is 10.9. The van der Waals surface area contributed by atoms with Crippen LogP contribution in [0.4, 0.5) is 15.8 Å². The second-order valence-corrected chi connectivity index (χ2v) is 3.99. The first-order chi connectivity index (χ1) is 9.13. The van der Waals surface area contributed by atoms with E-state index in [1.807, 2.05) is 0 Å². The molecule has 0 saturated heterocycles. The molecule has 19 heavy (non-hydrogen) atoms. The highest BCUT2D eigenvalue weighted by Gasteiger charge is 2.04. The molecule has 0 aromatic heterocycles. The van der Waals surface area contributed by atoms with Crippen molar-refractivity contribution in [2.24, 2.45) is 0 Å². The average molecular weight is 270 g/mol. The van der Waals surface area contributed by atoms with Gasteiger partial charge in [-0.05, 0) is 24.6 Å². The van der Waals surface area contributed by atoms with Crippen LogP contribution in [0.3, 0.4) is 0 Å². The van der Waals surface area contributed by atoms with Crippen LogP contribution >= 0.6 is 0 Å². The zero-order chi connectivity index (χ0) is 14.1. The van der Waals surface area contributed by atoms with Gasteiger partial charge in [-0.25, -0.2) is 4.39 Å². The number of carbonyl (C=O) groups excluding carboxylic acids is 1. The molecule has 1 rings (SSSR count). The molecule has 5 nitrogen and oxygen atoms in total. The fourth-order valence-corrected chi connectivity index (χ4v) is 1.42. The van der Waals surface area contributed by atoms with Gasteiger partial charge in [0.25, 0.3) is 0 Å². The van der Waals surface area contributed by atoms with Crippen LogP contribution in [0.2, 0.25) is 0 Å². The van der Waals surface area contributed by atoms with Crippen LogP contribution in [0.5, 0.6) is 0 Å². The molecule has 0 radical (unpaired) electrons. The SMILES string of the molecule is COCCOCCCC(=O)Nc1ccc(F)c(N)c1. The van der Waals surface area contributed by atoms with Gasteiger partial charge in [-0.15, -0.1) is 0 Å². The summed E-state index contributed by atoms with van der Waals surface area (Å²) in [5, 5.41) is 2.65. The lowest BCUT2D eigenvalue weighted by Crippen LogP contribution is -2.13. The minimum absolute atomic E-state index is 0.0145.